The Labute approximate surface area is 157 Å². The highest BCUT2D eigenvalue weighted by Crippen LogP contribution is 2.37. The average molecular weight is 382 g/mol. The highest BCUT2D eigenvalue weighted by atomic mass is 35.5. The quantitative estimate of drug-likeness (QED) is 0.773. The first kappa shape index (κ1) is 17.6. The van der Waals surface area contributed by atoms with Crippen LogP contribution in [-0.4, -0.2) is 66.1 Å². The van der Waals surface area contributed by atoms with E-state index in [1.807, 2.05) is 6.20 Å². The summed E-state index contributed by atoms with van der Waals surface area (Å²) in [6.07, 6.45) is 4.74. The van der Waals surface area contributed by atoms with Gasteiger partial charge in [0.05, 0.1) is 31.1 Å². The molecule has 8 nitrogen and oxygen atoms in total. The summed E-state index contributed by atoms with van der Waals surface area (Å²) in [7, 11) is 0. The van der Waals surface area contributed by atoms with E-state index >= 15 is 0 Å². The van der Waals surface area contributed by atoms with E-state index in [4.69, 9.17) is 21.4 Å². The molecule has 1 atom stereocenters. The van der Waals surface area contributed by atoms with Crippen LogP contribution in [0.3, 0.4) is 0 Å². The number of ether oxygens (including phenoxy) is 1. The number of aromatic nitrogens is 2. The third kappa shape index (κ3) is 3.66. The van der Waals surface area contributed by atoms with Gasteiger partial charge in [0.2, 0.25) is 5.28 Å². The molecule has 1 aromatic rings. The van der Waals surface area contributed by atoms with Gasteiger partial charge >= 0.3 is 6.09 Å². The maximum atomic E-state index is 10.8. The van der Waals surface area contributed by atoms with E-state index in [1.54, 1.807) is 0 Å². The van der Waals surface area contributed by atoms with Crippen molar-refractivity contribution in [3.8, 4) is 0 Å². The van der Waals surface area contributed by atoms with Gasteiger partial charge < -0.3 is 25.0 Å². The third-order valence-electron chi connectivity index (χ3n) is 5.64. The van der Waals surface area contributed by atoms with Crippen molar-refractivity contribution in [3.05, 3.63) is 11.5 Å². The lowest BCUT2D eigenvalue weighted by atomic mass is 9.85. The molecule has 1 saturated carbocycles. The summed E-state index contributed by atoms with van der Waals surface area (Å²) in [5.41, 5.74) is 1.04. The van der Waals surface area contributed by atoms with E-state index in [1.165, 1.54) is 0 Å². The average Bonchev–Trinajstić information content (AvgIpc) is 2.63. The molecule has 4 rings (SSSR count). The molecule has 1 unspecified atom stereocenters. The second-order valence-corrected chi connectivity index (χ2v) is 7.68. The topological polar surface area (TPSA) is 90.8 Å². The molecule has 26 heavy (non-hydrogen) atoms. The lowest BCUT2D eigenvalue weighted by molar-refractivity contribution is 0.0932. The monoisotopic (exact) mass is 381 g/mol. The molecule has 3 heterocycles. The zero-order chi connectivity index (χ0) is 18.1. The zero-order valence-electron chi connectivity index (χ0n) is 14.6. The third-order valence-corrected chi connectivity index (χ3v) is 5.83. The van der Waals surface area contributed by atoms with Crippen molar-refractivity contribution in [2.45, 2.75) is 37.8 Å². The summed E-state index contributed by atoms with van der Waals surface area (Å²) in [6.45, 7) is 4.06. The van der Waals surface area contributed by atoms with Gasteiger partial charge in [-0.05, 0) is 43.2 Å². The van der Waals surface area contributed by atoms with E-state index in [-0.39, 0.29) is 17.4 Å². The number of nitrogens with one attached hydrogen (secondary N) is 1. The SMILES string of the molecule is O=C(O)N[C@H]1CC[C@H](CN2CC3COCCN3c3nc(Cl)ncc32)CC1. The maximum Gasteiger partial charge on any atom is 0.404 e. The molecule has 1 aromatic heterocycles. The number of morpholine rings is 1. The Morgan fingerprint density at radius 2 is 2.19 bits per heavy atom. The number of nitrogens with zero attached hydrogens (tertiary/aromatic N) is 4. The Hall–Kier alpha value is -1.80. The molecule has 0 spiro atoms. The molecule has 1 saturated heterocycles. The predicted molar refractivity (Wildman–Crippen MR) is 98.1 cm³/mol. The zero-order valence-corrected chi connectivity index (χ0v) is 15.4. The lowest BCUT2D eigenvalue weighted by Gasteiger charge is -2.46. The van der Waals surface area contributed by atoms with Crippen LogP contribution in [0.25, 0.3) is 0 Å². The predicted octanol–water partition coefficient (Wildman–Crippen LogP) is 1.98. The van der Waals surface area contributed by atoms with Crippen LogP contribution in [0.15, 0.2) is 6.20 Å². The molecule has 2 aliphatic heterocycles. The van der Waals surface area contributed by atoms with E-state index < -0.39 is 6.09 Å². The Balaban J connectivity index is 1.46. The summed E-state index contributed by atoms with van der Waals surface area (Å²) in [6, 6.07) is 0.369. The van der Waals surface area contributed by atoms with E-state index in [2.05, 4.69) is 25.1 Å². The fourth-order valence-corrected chi connectivity index (χ4v) is 4.50. The minimum absolute atomic E-state index is 0.0850. The van der Waals surface area contributed by atoms with Gasteiger partial charge in [0.25, 0.3) is 0 Å². The van der Waals surface area contributed by atoms with Gasteiger partial charge in [-0.2, -0.15) is 4.98 Å². The van der Waals surface area contributed by atoms with Gasteiger partial charge in [0.1, 0.15) is 0 Å². The first-order valence-electron chi connectivity index (χ1n) is 9.21. The van der Waals surface area contributed by atoms with Gasteiger partial charge in [-0.15, -0.1) is 0 Å². The van der Waals surface area contributed by atoms with Crippen LogP contribution in [-0.2, 0) is 4.74 Å². The second kappa shape index (κ2) is 7.44. The van der Waals surface area contributed by atoms with Crippen molar-refractivity contribution in [2.75, 3.05) is 42.6 Å². The van der Waals surface area contributed by atoms with Crippen LogP contribution < -0.4 is 15.1 Å². The molecule has 9 heteroatoms. The Morgan fingerprint density at radius 1 is 1.38 bits per heavy atom. The van der Waals surface area contributed by atoms with Crippen LogP contribution in [0, 0.1) is 5.92 Å². The second-order valence-electron chi connectivity index (χ2n) is 7.34. The highest BCUT2D eigenvalue weighted by molar-refractivity contribution is 6.28. The Morgan fingerprint density at radius 3 is 2.96 bits per heavy atom. The number of anilines is 2. The number of rotatable bonds is 3. The number of fused-ring (bicyclic) bond motifs is 3. The van der Waals surface area contributed by atoms with Crippen molar-refractivity contribution in [1.82, 2.24) is 15.3 Å². The van der Waals surface area contributed by atoms with Crippen molar-refractivity contribution in [1.29, 1.82) is 0 Å². The summed E-state index contributed by atoms with van der Waals surface area (Å²) in [4.78, 5) is 24.1. The number of amides is 1. The fraction of sp³-hybridized carbons (Fsp3) is 0.706. The van der Waals surface area contributed by atoms with E-state index in [0.717, 1.165) is 56.8 Å². The van der Waals surface area contributed by atoms with Gasteiger partial charge in [-0.25, -0.2) is 9.78 Å². The number of carboxylic acid groups (broad SMARTS) is 1. The van der Waals surface area contributed by atoms with Crippen molar-refractivity contribution in [2.24, 2.45) is 5.92 Å². The van der Waals surface area contributed by atoms with Crippen LogP contribution in [0.5, 0.6) is 0 Å². The molecule has 1 aliphatic carbocycles. The molecule has 2 N–H and O–H groups in total. The van der Waals surface area contributed by atoms with E-state index in [9.17, 15) is 4.79 Å². The normalized spacial score (nSPS) is 28.3. The smallest absolute Gasteiger partial charge is 0.404 e. The van der Waals surface area contributed by atoms with Crippen LogP contribution in [0.4, 0.5) is 16.3 Å². The highest BCUT2D eigenvalue weighted by Gasteiger charge is 2.36. The first-order valence-corrected chi connectivity index (χ1v) is 9.59. The molecule has 0 aromatic carbocycles. The Bertz CT molecular complexity index is 668. The summed E-state index contributed by atoms with van der Waals surface area (Å²) < 4.78 is 5.66. The van der Waals surface area contributed by atoms with Gasteiger partial charge in [0, 0.05) is 25.7 Å². The molecule has 0 radical (unpaired) electrons. The molecule has 0 bridgehead atoms. The number of hydrogen-bond donors (Lipinski definition) is 2. The van der Waals surface area contributed by atoms with Gasteiger partial charge in [-0.1, -0.05) is 0 Å². The summed E-state index contributed by atoms with van der Waals surface area (Å²) in [5.74, 6) is 1.45. The van der Waals surface area contributed by atoms with Crippen molar-refractivity contribution >= 4 is 29.2 Å². The van der Waals surface area contributed by atoms with Gasteiger partial charge in [-0.3, -0.25) is 0 Å². The molecule has 3 aliphatic rings. The largest absolute Gasteiger partial charge is 0.465 e. The molecule has 142 valence electrons. The van der Waals surface area contributed by atoms with E-state index in [0.29, 0.717) is 19.1 Å². The minimum Gasteiger partial charge on any atom is -0.465 e. The molecule has 2 fully saturated rings. The Kier molecular flexibility index (Phi) is 5.04. The van der Waals surface area contributed by atoms with Crippen molar-refractivity contribution in [3.63, 3.8) is 0 Å². The van der Waals surface area contributed by atoms with Crippen LogP contribution >= 0.6 is 11.6 Å². The van der Waals surface area contributed by atoms with Crippen molar-refractivity contribution < 1.29 is 14.6 Å². The molecule has 1 amide bonds. The standard InChI is InChI=1S/C17H24ClN5O3/c18-16-19-7-14-15(21-16)23-5-6-26-10-13(23)9-22(14)8-11-1-3-12(4-2-11)20-17(24)25/h7,11-13,20H,1-6,8-10H2,(H,24,25)/t11-,12-,13?. The molecular weight excluding hydrogens is 358 g/mol. The van der Waals surface area contributed by atoms with Crippen LogP contribution in [0.1, 0.15) is 25.7 Å². The first-order chi connectivity index (χ1) is 12.6. The number of halogens is 1. The summed E-state index contributed by atoms with van der Waals surface area (Å²) in [5, 5.41) is 11.8. The van der Waals surface area contributed by atoms with Crippen LogP contribution in [0.2, 0.25) is 5.28 Å². The summed E-state index contributed by atoms with van der Waals surface area (Å²) >= 11 is 6.05. The minimum atomic E-state index is -0.926. The lowest BCUT2D eigenvalue weighted by Crippen LogP contribution is -2.56. The number of carbonyl (C=O) groups is 1. The van der Waals surface area contributed by atoms with Gasteiger partial charge in [0.15, 0.2) is 5.82 Å². The molecular formula is C17H24ClN5O3. The fourth-order valence-electron chi connectivity index (χ4n) is 4.37. The maximum absolute atomic E-state index is 10.8. The number of hydrogen-bond acceptors (Lipinski definition) is 6.